The van der Waals surface area contributed by atoms with Crippen molar-refractivity contribution in [2.24, 2.45) is 7.05 Å². The number of nitrogens with zero attached hydrogens (tertiary/aromatic N) is 1. The molecule has 1 aromatic heterocycles. The molecule has 28 heavy (non-hydrogen) atoms. The summed E-state index contributed by atoms with van der Waals surface area (Å²) in [6.45, 7) is 25.1. The Kier molecular flexibility index (Phi) is 4.94. The minimum Gasteiger partial charge on any atom is -0.198 e. The first-order valence-electron chi connectivity index (χ1n) is 10.4. The lowest BCUT2D eigenvalue weighted by molar-refractivity contribution is -0.665. The van der Waals surface area contributed by atoms with Crippen molar-refractivity contribution < 1.29 is 4.57 Å². The van der Waals surface area contributed by atoms with Gasteiger partial charge < -0.3 is 0 Å². The Balaban J connectivity index is 2.64. The fourth-order valence-electron chi connectivity index (χ4n) is 5.15. The van der Waals surface area contributed by atoms with Crippen molar-refractivity contribution >= 4 is 10.8 Å². The van der Waals surface area contributed by atoms with Gasteiger partial charge in [-0.1, -0.05) is 0 Å². The Morgan fingerprint density at radius 2 is 0.750 bits per heavy atom. The summed E-state index contributed by atoms with van der Waals surface area (Å²) in [5.41, 5.74) is 18.3. The molecule has 2 aromatic carbocycles. The average molecular weight is 375 g/mol. The van der Waals surface area contributed by atoms with Crippen LogP contribution < -0.4 is 4.57 Å². The lowest BCUT2D eigenvalue weighted by Crippen LogP contribution is -2.37. The molecule has 0 radical (unpaired) electrons. The average Bonchev–Trinajstić information content (AvgIpc) is 2.66. The van der Waals surface area contributed by atoms with Crippen LogP contribution in [-0.4, -0.2) is 0 Å². The van der Waals surface area contributed by atoms with Crippen LogP contribution in [0.2, 0.25) is 0 Å². The number of benzene rings is 2. The monoisotopic (exact) mass is 374 g/mol. The van der Waals surface area contributed by atoms with Gasteiger partial charge in [-0.15, -0.1) is 0 Å². The second kappa shape index (κ2) is 6.72. The van der Waals surface area contributed by atoms with Gasteiger partial charge in [-0.05, 0) is 119 Å². The van der Waals surface area contributed by atoms with Gasteiger partial charge in [-0.25, -0.2) is 0 Å². The van der Waals surface area contributed by atoms with Crippen LogP contribution in [0.4, 0.5) is 0 Å². The summed E-state index contributed by atoms with van der Waals surface area (Å²) in [4.78, 5) is 0. The highest BCUT2D eigenvalue weighted by Gasteiger charge is 2.28. The lowest BCUT2D eigenvalue weighted by atomic mass is 9.83. The molecule has 3 aromatic rings. The van der Waals surface area contributed by atoms with Gasteiger partial charge in [0.1, 0.15) is 7.05 Å². The number of pyridine rings is 1. The van der Waals surface area contributed by atoms with Crippen molar-refractivity contribution in [1.82, 2.24) is 0 Å². The number of fused-ring (bicyclic) bond motifs is 1. The number of aryl methyl sites for hydroxylation is 4. The fourth-order valence-corrected chi connectivity index (χ4v) is 5.15. The molecule has 0 atom stereocenters. The SMILES string of the molecule is Cc1c(C)c(C)c(-c2c(C)c3c(C)c(C)c(C)c(C)c3c(C)[n+]2C)c(C)c1C. The van der Waals surface area contributed by atoms with E-state index in [1.807, 2.05) is 0 Å². The zero-order valence-corrected chi connectivity index (χ0v) is 19.9. The highest BCUT2D eigenvalue weighted by atomic mass is 14.9. The predicted octanol–water partition coefficient (Wildman–Crippen LogP) is 6.72. The highest BCUT2D eigenvalue weighted by molar-refractivity contribution is 5.97. The van der Waals surface area contributed by atoms with Gasteiger partial charge in [-0.2, -0.15) is 4.57 Å². The van der Waals surface area contributed by atoms with Gasteiger partial charge >= 0.3 is 0 Å². The van der Waals surface area contributed by atoms with Crippen LogP contribution >= 0.6 is 0 Å². The number of aromatic nitrogens is 1. The van der Waals surface area contributed by atoms with Gasteiger partial charge in [0, 0.05) is 17.9 Å². The Morgan fingerprint density at radius 3 is 1.21 bits per heavy atom. The fraction of sp³-hybridized carbons (Fsp3) is 0.444. The molecule has 1 nitrogen and oxygen atoms in total. The molecule has 148 valence electrons. The third-order valence-electron chi connectivity index (χ3n) is 7.85. The molecule has 0 aliphatic carbocycles. The third kappa shape index (κ3) is 2.55. The van der Waals surface area contributed by atoms with E-state index in [1.54, 1.807) is 0 Å². The zero-order chi connectivity index (χ0) is 21.2. The van der Waals surface area contributed by atoms with E-state index in [0.717, 1.165) is 0 Å². The van der Waals surface area contributed by atoms with Gasteiger partial charge in [0.25, 0.3) is 0 Å². The molecule has 0 aliphatic heterocycles. The summed E-state index contributed by atoms with van der Waals surface area (Å²) in [5, 5.41) is 2.88. The maximum absolute atomic E-state index is 2.43. The molecule has 0 N–H and O–H groups in total. The number of hydrogen-bond acceptors (Lipinski definition) is 0. The molecule has 3 rings (SSSR count). The van der Waals surface area contributed by atoms with Crippen molar-refractivity contribution in [3.8, 4) is 11.3 Å². The molecule has 1 heterocycles. The summed E-state index contributed by atoms with van der Waals surface area (Å²) in [5.74, 6) is 0. The maximum Gasteiger partial charge on any atom is 0.216 e. The smallest absolute Gasteiger partial charge is 0.198 e. The van der Waals surface area contributed by atoms with E-state index in [2.05, 4.69) is 87.8 Å². The molecule has 0 saturated carbocycles. The predicted molar refractivity (Wildman–Crippen MR) is 123 cm³/mol. The quantitative estimate of drug-likeness (QED) is 0.416. The lowest BCUT2D eigenvalue weighted by Gasteiger charge is -2.22. The maximum atomic E-state index is 2.43. The first-order valence-corrected chi connectivity index (χ1v) is 10.4. The van der Waals surface area contributed by atoms with Crippen molar-refractivity contribution in [2.75, 3.05) is 0 Å². The van der Waals surface area contributed by atoms with Crippen molar-refractivity contribution in [3.05, 3.63) is 61.3 Å². The number of rotatable bonds is 1. The summed E-state index contributed by atoms with van der Waals surface area (Å²) >= 11 is 0. The first-order chi connectivity index (χ1) is 12.9. The minimum atomic E-state index is 1.36. The topological polar surface area (TPSA) is 3.88 Å². The summed E-state index contributed by atoms with van der Waals surface area (Å²) in [6, 6.07) is 0. The van der Waals surface area contributed by atoms with E-state index in [-0.39, 0.29) is 0 Å². The molecule has 0 bridgehead atoms. The van der Waals surface area contributed by atoms with Crippen LogP contribution in [0.25, 0.3) is 22.0 Å². The molecule has 0 saturated heterocycles. The summed E-state index contributed by atoms with van der Waals surface area (Å²) in [7, 11) is 2.24. The second-order valence-corrected chi connectivity index (χ2v) is 8.87. The zero-order valence-electron chi connectivity index (χ0n) is 19.9. The van der Waals surface area contributed by atoms with Crippen LogP contribution in [0, 0.1) is 76.2 Å². The van der Waals surface area contributed by atoms with Crippen LogP contribution in [-0.2, 0) is 7.05 Å². The van der Waals surface area contributed by atoms with Gasteiger partial charge in [-0.3, -0.25) is 0 Å². The van der Waals surface area contributed by atoms with E-state index in [1.165, 1.54) is 83.4 Å². The Labute approximate surface area is 171 Å². The van der Waals surface area contributed by atoms with E-state index < -0.39 is 0 Å². The Morgan fingerprint density at radius 1 is 0.393 bits per heavy atom. The van der Waals surface area contributed by atoms with Crippen LogP contribution in [0.3, 0.4) is 0 Å². The molecular formula is C27H36N+. The molecule has 0 amide bonds. The molecule has 0 unspecified atom stereocenters. The largest absolute Gasteiger partial charge is 0.216 e. The molecule has 1 heteroatoms. The first kappa shape index (κ1) is 20.6. The molecular weight excluding hydrogens is 338 g/mol. The molecule has 0 aliphatic rings. The molecule has 0 fully saturated rings. The highest BCUT2D eigenvalue weighted by Crippen LogP contribution is 2.39. The minimum absolute atomic E-state index is 1.36. The number of hydrogen-bond donors (Lipinski definition) is 0. The Hall–Kier alpha value is -2.15. The van der Waals surface area contributed by atoms with Crippen molar-refractivity contribution in [3.63, 3.8) is 0 Å². The van der Waals surface area contributed by atoms with Crippen molar-refractivity contribution in [1.29, 1.82) is 0 Å². The van der Waals surface area contributed by atoms with E-state index >= 15 is 0 Å². The van der Waals surface area contributed by atoms with Gasteiger partial charge in [0.2, 0.25) is 5.69 Å². The van der Waals surface area contributed by atoms with E-state index in [9.17, 15) is 0 Å². The normalized spacial score (nSPS) is 11.6. The van der Waals surface area contributed by atoms with Crippen LogP contribution in [0.5, 0.6) is 0 Å². The third-order valence-corrected chi connectivity index (χ3v) is 7.85. The Bertz CT molecular complexity index is 1130. The van der Waals surface area contributed by atoms with Crippen LogP contribution in [0.15, 0.2) is 0 Å². The van der Waals surface area contributed by atoms with Crippen molar-refractivity contribution in [2.45, 2.75) is 76.2 Å². The summed E-state index contributed by atoms with van der Waals surface area (Å²) < 4.78 is 2.43. The van der Waals surface area contributed by atoms with Gasteiger partial charge in [0.15, 0.2) is 5.69 Å². The van der Waals surface area contributed by atoms with Gasteiger partial charge in [0.05, 0.1) is 10.9 Å². The van der Waals surface area contributed by atoms with Crippen LogP contribution in [0.1, 0.15) is 61.3 Å². The summed E-state index contributed by atoms with van der Waals surface area (Å²) in [6.07, 6.45) is 0. The standard InChI is InChI=1S/C27H36N/c1-13-14(2)19(7)25(20(8)15(13)3)27-22(10)24-18(6)16(4)17(5)21(9)26(24)23(11)28(27)12/h1-12H3/q+1. The molecule has 0 spiro atoms. The van der Waals surface area contributed by atoms with E-state index in [0.29, 0.717) is 0 Å². The van der Waals surface area contributed by atoms with E-state index in [4.69, 9.17) is 0 Å². The second-order valence-electron chi connectivity index (χ2n) is 8.87.